The first kappa shape index (κ1) is 11.5. The number of hydrogen-bond acceptors (Lipinski definition) is 3. The molecule has 1 aromatic heterocycles. The maximum absolute atomic E-state index is 5.93. The number of aromatic nitrogens is 1. The zero-order chi connectivity index (χ0) is 12.1. The minimum absolute atomic E-state index is 0.623. The van der Waals surface area contributed by atoms with Gasteiger partial charge in [-0.15, -0.1) is 0 Å². The normalized spacial score (nSPS) is 10.2. The second-order valence-corrected chi connectivity index (χ2v) is 3.94. The molecule has 0 radical (unpaired) electrons. The number of benzene rings is 1. The summed E-state index contributed by atoms with van der Waals surface area (Å²) in [7, 11) is 0. The Morgan fingerprint density at radius 2 is 1.94 bits per heavy atom. The van der Waals surface area contributed by atoms with E-state index in [9.17, 15) is 0 Å². The second-order valence-electron chi connectivity index (χ2n) is 3.94. The van der Waals surface area contributed by atoms with E-state index in [0.29, 0.717) is 6.61 Å². The molecule has 0 amide bonds. The molecule has 0 bridgehead atoms. The number of para-hydroxylation sites is 1. The van der Waals surface area contributed by atoms with Crippen molar-refractivity contribution in [1.29, 1.82) is 0 Å². The van der Waals surface area contributed by atoms with Gasteiger partial charge in [-0.05, 0) is 36.2 Å². The zero-order valence-corrected chi connectivity index (χ0v) is 9.89. The lowest BCUT2D eigenvalue weighted by molar-refractivity contribution is 0.323. The molecule has 17 heavy (non-hydrogen) atoms. The largest absolute Gasteiger partial charge is 0.491 e. The number of pyridine rings is 1. The topological polar surface area (TPSA) is 48.1 Å². The molecule has 2 rings (SSSR count). The van der Waals surface area contributed by atoms with Gasteiger partial charge in [-0.1, -0.05) is 12.1 Å². The zero-order valence-electron chi connectivity index (χ0n) is 9.89. The van der Waals surface area contributed by atoms with Crippen LogP contribution in [0.1, 0.15) is 11.1 Å². The van der Waals surface area contributed by atoms with Gasteiger partial charge in [-0.3, -0.25) is 4.98 Å². The summed E-state index contributed by atoms with van der Waals surface area (Å²) in [6, 6.07) is 9.80. The third kappa shape index (κ3) is 2.97. The highest BCUT2D eigenvalue weighted by molar-refractivity contribution is 5.57. The molecular formula is C14H16N2O. The fourth-order valence-electron chi connectivity index (χ4n) is 1.61. The third-order valence-electron chi connectivity index (χ3n) is 2.68. The van der Waals surface area contributed by atoms with Crippen molar-refractivity contribution in [3.05, 3.63) is 53.9 Å². The smallest absolute Gasteiger partial charge is 0.142 e. The van der Waals surface area contributed by atoms with Crippen molar-refractivity contribution in [1.82, 2.24) is 4.98 Å². The molecule has 0 atom stereocenters. The highest BCUT2D eigenvalue weighted by atomic mass is 16.5. The molecule has 0 aliphatic carbocycles. The fourth-order valence-corrected chi connectivity index (χ4v) is 1.61. The van der Waals surface area contributed by atoms with Gasteiger partial charge in [0.25, 0.3) is 0 Å². The van der Waals surface area contributed by atoms with Gasteiger partial charge in [0.15, 0.2) is 0 Å². The lowest BCUT2D eigenvalue weighted by Gasteiger charge is -2.10. The van der Waals surface area contributed by atoms with E-state index in [4.69, 9.17) is 10.5 Å². The molecule has 1 heterocycles. The Hall–Kier alpha value is -2.03. The predicted molar refractivity (Wildman–Crippen MR) is 69.0 cm³/mol. The van der Waals surface area contributed by atoms with E-state index in [1.165, 1.54) is 5.56 Å². The molecule has 0 fully saturated rings. The fraction of sp³-hybridized carbons (Fsp3) is 0.214. The highest BCUT2D eigenvalue weighted by Gasteiger charge is 2.02. The lowest BCUT2D eigenvalue weighted by Crippen LogP contribution is -2.04. The summed E-state index contributed by atoms with van der Waals surface area (Å²) in [6.45, 7) is 2.60. The van der Waals surface area contributed by atoms with Crippen LogP contribution in [0.3, 0.4) is 0 Å². The van der Waals surface area contributed by atoms with E-state index < -0.39 is 0 Å². The first-order valence-electron chi connectivity index (χ1n) is 5.64. The summed E-state index contributed by atoms with van der Waals surface area (Å²) in [5.74, 6) is 0.763. The van der Waals surface area contributed by atoms with Gasteiger partial charge >= 0.3 is 0 Å². The first-order chi connectivity index (χ1) is 8.27. The van der Waals surface area contributed by atoms with E-state index in [0.717, 1.165) is 23.4 Å². The molecule has 0 aliphatic heterocycles. The Morgan fingerprint density at radius 1 is 1.18 bits per heavy atom. The van der Waals surface area contributed by atoms with Crippen LogP contribution in [0.4, 0.5) is 5.69 Å². The predicted octanol–water partition coefficient (Wildman–Crippen LogP) is 2.59. The number of nitrogens with two attached hydrogens (primary N) is 1. The van der Waals surface area contributed by atoms with Gasteiger partial charge in [0.1, 0.15) is 5.75 Å². The molecule has 3 heteroatoms. The summed E-state index contributed by atoms with van der Waals surface area (Å²) >= 11 is 0. The van der Waals surface area contributed by atoms with Gasteiger partial charge in [-0.25, -0.2) is 0 Å². The molecule has 0 saturated heterocycles. The summed E-state index contributed by atoms with van der Waals surface area (Å²) in [5, 5.41) is 0. The van der Waals surface area contributed by atoms with Crippen molar-refractivity contribution < 1.29 is 4.74 Å². The summed E-state index contributed by atoms with van der Waals surface area (Å²) in [6.07, 6.45) is 4.43. The monoisotopic (exact) mass is 228 g/mol. The van der Waals surface area contributed by atoms with E-state index in [2.05, 4.69) is 4.98 Å². The van der Waals surface area contributed by atoms with Gasteiger partial charge in [0.05, 0.1) is 12.3 Å². The molecule has 2 N–H and O–H groups in total. The van der Waals surface area contributed by atoms with Crippen LogP contribution < -0.4 is 10.5 Å². The minimum atomic E-state index is 0.623. The van der Waals surface area contributed by atoms with Crippen molar-refractivity contribution in [3.63, 3.8) is 0 Å². The number of hydrogen-bond donors (Lipinski definition) is 1. The molecule has 3 nitrogen and oxygen atoms in total. The maximum Gasteiger partial charge on any atom is 0.142 e. The Labute approximate surface area is 101 Å². The van der Waals surface area contributed by atoms with E-state index >= 15 is 0 Å². The van der Waals surface area contributed by atoms with Crippen LogP contribution in [0.25, 0.3) is 0 Å². The SMILES string of the molecule is Cc1cccc(OCCc2ccncc2)c1N. The van der Waals surface area contributed by atoms with Crippen molar-refractivity contribution >= 4 is 5.69 Å². The average Bonchev–Trinajstić information content (AvgIpc) is 2.36. The van der Waals surface area contributed by atoms with Crippen LogP contribution >= 0.6 is 0 Å². The Kier molecular flexibility index (Phi) is 3.60. The molecule has 1 aromatic carbocycles. The molecular weight excluding hydrogens is 212 g/mol. The van der Waals surface area contributed by atoms with Gasteiger partial charge < -0.3 is 10.5 Å². The van der Waals surface area contributed by atoms with E-state index in [-0.39, 0.29) is 0 Å². The Bertz CT molecular complexity index is 483. The Balaban J connectivity index is 1.93. The number of nitrogens with zero attached hydrogens (tertiary/aromatic N) is 1. The summed E-state index contributed by atoms with van der Waals surface area (Å²) < 4.78 is 5.68. The molecule has 0 unspecified atom stereocenters. The van der Waals surface area contributed by atoms with Crippen LogP contribution in [-0.2, 0) is 6.42 Å². The number of rotatable bonds is 4. The van der Waals surface area contributed by atoms with Gasteiger partial charge in [0.2, 0.25) is 0 Å². The number of anilines is 1. The molecule has 0 aliphatic rings. The maximum atomic E-state index is 5.93. The van der Waals surface area contributed by atoms with Crippen LogP contribution in [-0.4, -0.2) is 11.6 Å². The highest BCUT2D eigenvalue weighted by Crippen LogP contribution is 2.24. The first-order valence-corrected chi connectivity index (χ1v) is 5.64. The number of nitrogen functional groups attached to an aromatic ring is 1. The molecule has 0 spiro atoms. The van der Waals surface area contributed by atoms with Crippen molar-refractivity contribution in [2.45, 2.75) is 13.3 Å². The molecule has 0 saturated carbocycles. The summed E-state index contributed by atoms with van der Waals surface area (Å²) in [5.41, 5.74) is 8.91. The third-order valence-corrected chi connectivity index (χ3v) is 2.68. The molecule has 2 aromatic rings. The number of aryl methyl sites for hydroxylation is 1. The van der Waals surface area contributed by atoms with Gasteiger partial charge in [0, 0.05) is 18.8 Å². The average molecular weight is 228 g/mol. The van der Waals surface area contributed by atoms with Crippen molar-refractivity contribution in [2.75, 3.05) is 12.3 Å². The standard InChI is InChI=1S/C14H16N2O/c1-11-3-2-4-13(14(11)15)17-10-7-12-5-8-16-9-6-12/h2-6,8-9H,7,10,15H2,1H3. The molecule has 88 valence electrons. The Morgan fingerprint density at radius 3 is 2.71 bits per heavy atom. The minimum Gasteiger partial charge on any atom is -0.491 e. The summed E-state index contributed by atoms with van der Waals surface area (Å²) in [4.78, 5) is 3.98. The van der Waals surface area contributed by atoms with Crippen LogP contribution in [0.5, 0.6) is 5.75 Å². The quantitative estimate of drug-likeness (QED) is 0.818. The van der Waals surface area contributed by atoms with Crippen LogP contribution in [0.2, 0.25) is 0 Å². The van der Waals surface area contributed by atoms with Crippen molar-refractivity contribution in [3.8, 4) is 5.75 Å². The number of ether oxygens (including phenoxy) is 1. The van der Waals surface area contributed by atoms with E-state index in [1.54, 1.807) is 12.4 Å². The van der Waals surface area contributed by atoms with Crippen LogP contribution in [0, 0.1) is 6.92 Å². The lowest BCUT2D eigenvalue weighted by atomic mass is 10.2. The second kappa shape index (κ2) is 5.34. The van der Waals surface area contributed by atoms with Gasteiger partial charge in [-0.2, -0.15) is 0 Å². The van der Waals surface area contributed by atoms with Crippen LogP contribution in [0.15, 0.2) is 42.7 Å². The van der Waals surface area contributed by atoms with Crippen molar-refractivity contribution in [2.24, 2.45) is 0 Å². The van der Waals surface area contributed by atoms with E-state index in [1.807, 2.05) is 37.3 Å².